The zero-order chi connectivity index (χ0) is 17.8. The van der Waals surface area contributed by atoms with E-state index in [0.717, 1.165) is 22.4 Å². The summed E-state index contributed by atoms with van der Waals surface area (Å²) in [6, 6.07) is 13.4. The normalized spacial score (nSPS) is 10.8. The third-order valence-electron chi connectivity index (χ3n) is 3.87. The number of carbonyl (C=O) groups excluding carboxylic acids is 1. The third kappa shape index (κ3) is 4.23. The molecule has 128 valence electrons. The van der Waals surface area contributed by atoms with Gasteiger partial charge in [-0.2, -0.15) is 0 Å². The Morgan fingerprint density at radius 3 is 2.60 bits per heavy atom. The van der Waals surface area contributed by atoms with Crippen molar-refractivity contribution in [3.8, 4) is 11.4 Å². The molecule has 0 spiro atoms. The number of aliphatic carboxylic acids is 1. The molecule has 1 heterocycles. The fraction of sp³-hybridized carbons (Fsp3) is 0.211. The van der Waals surface area contributed by atoms with Gasteiger partial charge >= 0.3 is 5.97 Å². The smallest absolute Gasteiger partial charge is 0.303 e. The van der Waals surface area contributed by atoms with E-state index in [1.807, 2.05) is 43.3 Å². The lowest BCUT2D eigenvalue weighted by molar-refractivity contribution is -0.137. The molecule has 0 saturated heterocycles. The molecule has 0 aliphatic carbocycles. The number of rotatable bonds is 6. The Bertz CT molecular complexity index is 913. The minimum absolute atomic E-state index is 0.00210. The Morgan fingerprint density at radius 1 is 1.12 bits per heavy atom. The van der Waals surface area contributed by atoms with Crippen molar-refractivity contribution in [1.82, 2.24) is 9.97 Å². The lowest BCUT2D eigenvalue weighted by atomic mass is 10.2. The second-order valence-electron chi connectivity index (χ2n) is 5.98. The number of carboxylic acid groups (broad SMARTS) is 1. The summed E-state index contributed by atoms with van der Waals surface area (Å²) < 4.78 is 0. The maximum Gasteiger partial charge on any atom is 0.303 e. The highest BCUT2D eigenvalue weighted by atomic mass is 16.4. The number of aromatic nitrogens is 2. The molecule has 0 saturated carbocycles. The van der Waals surface area contributed by atoms with Gasteiger partial charge in [0.15, 0.2) is 0 Å². The minimum atomic E-state index is -0.891. The van der Waals surface area contributed by atoms with E-state index in [1.54, 1.807) is 0 Å². The quantitative estimate of drug-likeness (QED) is 0.638. The molecule has 0 aliphatic heterocycles. The molecule has 25 heavy (non-hydrogen) atoms. The second-order valence-corrected chi connectivity index (χ2v) is 5.98. The van der Waals surface area contributed by atoms with E-state index in [2.05, 4.69) is 21.4 Å². The predicted octanol–water partition coefficient (Wildman–Crippen LogP) is 3.73. The molecular formula is C19H19N3O3. The number of aromatic amines is 1. The zero-order valence-electron chi connectivity index (χ0n) is 13.9. The van der Waals surface area contributed by atoms with Crippen LogP contribution in [0.15, 0.2) is 42.5 Å². The van der Waals surface area contributed by atoms with E-state index in [1.165, 1.54) is 5.56 Å². The molecule has 1 aromatic heterocycles. The SMILES string of the molecule is Cc1ccc2nc(-c3ccc(NC(=O)CCCC(=O)O)cc3)[nH]c2c1. The van der Waals surface area contributed by atoms with Gasteiger partial charge < -0.3 is 15.4 Å². The average Bonchev–Trinajstić information content (AvgIpc) is 2.98. The van der Waals surface area contributed by atoms with Crippen molar-refractivity contribution in [3.05, 3.63) is 48.0 Å². The van der Waals surface area contributed by atoms with Crippen LogP contribution in [0, 0.1) is 6.92 Å². The van der Waals surface area contributed by atoms with E-state index >= 15 is 0 Å². The summed E-state index contributed by atoms with van der Waals surface area (Å²) in [5, 5.41) is 11.3. The standard InChI is InChI=1S/C19H19N3O3/c1-12-5-10-15-16(11-12)22-19(21-15)13-6-8-14(9-7-13)20-17(23)3-2-4-18(24)25/h5-11H,2-4H2,1H3,(H,20,23)(H,21,22)(H,24,25). The van der Waals surface area contributed by atoms with Gasteiger partial charge in [-0.05, 0) is 55.3 Å². The fourth-order valence-electron chi connectivity index (χ4n) is 2.60. The second kappa shape index (κ2) is 7.17. The van der Waals surface area contributed by atoms with E-state index in [9.17, 15) is 9.59 Å². The van der Waals surface area contributed by atoms with Gasteiger partial charge in [0.1, 0.15) is 5.82 Å². The van der Waals surface area contributed by atoms with Crippen LogP contribution >= 0.6 is 0 Å². The summed E-state index contributed by atoms with van der Waals surface area (Å²) in [7, 11) is 0. The number of nitrogens with one attached hydrogen (secondary N) is 2. The van der Waals surface area contributed by atoms with Gasteiger partial charge in [-0.1, -0.05) is 6.07 Å². The van der Waals surface area contributed by atoms with Gasteiger partial charge in [-0.25, -0.2) is 4.98 Å². The van der Waals surface area contributed by atoms with Crippen molar-refractivity contribution in [2.75, 3.05) is 5.32 Å². The summed E-state index contributed by atoms with van der Waals surface area (Å²) in [5.74, 6) is -0.300. The van der Waals surface area contributed by atoms with Crippen molar-refractivity contribution in [3.63, 3.8) is 0 Å². The monoisotopic (exact) mass is 337 g/mol. The Labute approximate surface area is 144 Å². The highest BCUT2D eigenvalue weighted by molar-refractivity contribution is 5.91. The molecule has 6 heteroatoms. The number of benzene rings is 2. The summed E-state index contributed by atoms with van der Waals surface area (Å²) >= 11 is 0. The molecule has 0 atom stereocenters. The molecule has 1 amide bonds. The van der Waals surface area contributed by atoms with Crippen LogP contribution in [-0.2, 0) is 9.59 Å². The molecule has 0 unspecified atom stereocenters. The van der Waals surface area contributed by atoms with Gasteiger partial charge in [0, 0.05) is 24.1 Å². The van der Waals surface area contributed by atoms with Gasteiger partial charge in [-0.3, -0.25) is 9.59 Å². The van der Waals surface area contributed by atoms with Crippen LogP contribution in [0.4, 0.5) is 5.69 Å². The highest BCUT2D eigenvalue weighted by Gasteiger charge is 2.07. The van der Waals surface area contributed by atoms with Crippen LogP contribution < -0.4 is 5.32 Å². The molecule has 0 fully saturated rings. The molecule has 6 nitrogen and oxygen atoms in total. The number of carbonyl (C=O) groups is 2. The molecule has 2 aromatic carbocycles. The first-order valence-electron chi connectivity index (χ1n) is 8.10. The van der Waals surface area contributed by atoms with E-state index in [0.29, 0.717) is 12.1 Å². The van der Waals surface area contributed by atoms with E-state index in [-0.39, 0.29) is 18.7 Å². The molecular weight excluding hydrogens is 318 g/mol. The first-order chi connectivity index (χ1) is 12.0. The highest BCUT2D eigenvalue weighted by Crippen LogP contribution is 2.22. The molecule has 3 rings (SSSR count). The van der Waals surface area contributed by atoms with Crippen LogP contribution in [-0.4, -0.2) is 27.0 Å². The van der Waals surface area contributed by atoms with Crippen LogP contribution in [0.2, 0.25) is 0 Å². The number of aryl methyl sites for hydroxylation is 1. The Balaban J connectivity index is 1.66. The maximum atomic E-state index is 11.8. The Morgan fingerprint density at radius 2 is 1.88 bits per heavy atom. The number of imidazole rings is 1. The van der Waals surface area contributed by atoms with Crippen molar-refractivity contribution in [2.24, 2.45) is 0 Å². The topological polar surface area (TPSA) is 95.1 Å². The van der Waals surface area contributed by atoms with Crippen molar-refractivity contribution in [1.29, 1.82) is 0 Å². The van der Waals surface area contributed by atoms with Crippen molar-refractivity contribution in [2.45, 2.75) is 26.2 Å². The van der Waals surface area contributed by atoms with Gasteiger partial charge in [-0.15, -0.1) is 0 Å². The van der Waals surface area contributed by atoms with Crippen LogP contribution in [0.3, 0.4) is 0 Å². The fourth-order valence-corrected chi connectivity index (χ4v) is 2.60. The minimum Gasteiger partial charge on any atom is -0.481 e. The van der Waals surface area contributed by atoms with Crippen LogP contribution in [0.1, 0.15) is 24.8 Å². The van der Waals surface area contributed by atoms with Crippen molar-refractivity contribution >= 4 is 28.6 Å². The Hall–Kier alpha value is -3.15. The average molecular weight is 337 g/mol. The number of anilines is 1. The summed E-state index contributed by atoms with van der Waals surface area (Å²) in [5.41, 5.74) is 4.68. The number of amides is 1. The number of nitrogens with zero attached hydrogens (tertiary/aromatic N) is 1. The number of H-pyrrole nitrogens is 1. The summed E-state index contributed by atoms with van der Waals surface area (Å²) in [4.78, 5) is 30.1. The van der Waals surface area contributed by atoms with Crippen LogP contribution in [0.5, 0.6) is 0 Å². The van der Waals surface area contributed by atoms with E-state index < -0.39 is 5.97 Å². The summed E-state index contributed by atoms with van der Waals surface area (Å²) in [6.07, 6.45) is 0.520. The van der Waals surface area contributed by atoms with Gasteiger partial charge in [0.25, 0.3) is 0 Å². The third-order valence-corrected chi connectivity index (χ3v) is 3.87. The number of fused-ring (bicyclic) bond motifs is 1. The molecule has 0 bridgehead atoms. The lowest BCUT2D eigenvalue weighted by Gasteiger charge is -2.05. The molecule has 3 N–H and O–H groups in total. The zero-order valence-corrected chi connectivity index (χ0v) is 13.9. The summed E-state index contributed by atoms with van der Waals surface area (Å²) in [6.45, 7) is 2.04. The molecule has 0 radical (unpaired) electrons. The van der Waals surface area contributed by atoms with Crippen molar-refractivity contribution < 1.29 is 14.7 Å². The molecule has 3 aromatic rings. The van der Waals surface area contributed by atoms with Crippen LogP contribution in [0.25, 0.3) is 22.4 Å². The Kier molecular flexibility index (Phi) is 4.79. The molecule has 0 aliphatic rings. The lowest BCUT2D eigenvalue weighted by Crippen LogP contribution is -2.11. The first-order valence-corrected chi connectivity index (χ1v) is 8.10. The predicted molar refractivity (Wildman–Crippen MR) is 96.4 cm³/mol. The first kappa shape index (κ1) is 16.7. The largest absolute Gasteiger partial charge is 0.481 e. The van der Waals surface area contributed by atoms with Gasteiger partial charge in [0.05, 0.1) is 11.0 Å². The maximum absolute atomic E-state index is 11.8. The number of hydrogen-bond donors (Lipinski definition) is 3. The van der Waals surface area contributed by atoms with Gasteiger partial charge in [0.2, 0.25) is 5.91 Å². The van der Waals surface area contributed by atoms with E-state index in [4.69, 9.17) is 5.11 Å². The number of carboxylic acids is 1. The number of hydrogen-bond acceptors (Lipinski definition) is 3.